The minimum atomic E-state index is -0.646. The van der Waals surface area contributed by atoms with E-state index in [9.17, 15) is 9.59 Å². The summed E-state index contributed by atoms with van der Waals surface area (Å²) in [5.41, 5.74) is 0.751. The quantitative estimate of drug-likeness (QED) is 0.713. The highest BCUT2D eigenvalue weighted by atomic mass is 16.6. The van der Waals surface area contributed by atoms with E-state index in [1.165, 1.54) is 0 Å². The largest absolute Gasteiger partial charge is 0.496 e. The van der Waals surface area contributed by atoms with Gasteiger partial charge in [0, 0.05) is 12.8 Å². The van der Waals surface area contributed by atoms with Gasteiger partial charge in [0.15, 0.2) is 0 Å². The number of Topliss-reactive ketones (excluding diaryl/α,β-unsaturated/α-hetero) is 1. The van der Waals surface area contributed by atoms with Crippen molar-refractivity contribution in [3.63, 3.8) is 0 Å². The van der Waals surface area contributed by atoms with Crippen molar-refractivity contribution in [3.05, 3.63) is 29.3 Å². The summed E-state index contributed by atoms with van der Waals surface area (Å²) in [6, 6.07) is 5.37. The molecule has 1 spiro atoms. The molecular weight excluding hydrogens is 232 g/mol. The molecule has 0 bridgehead atoms. The van der Waals surface area contributed by atoms with Gasteiger partial charge >= 0.3 is 5.97 Å². The molecule has 1 aromatic rings. The highest BCUT2D eigenvalue weighted by Crippen LogP contribution is 2.49. The Hall–Kier alpha value is -1.84. The summed E-state index contributed by atoms with van der Waals surface area (Å²) in [4.78, 5) is 23.3. The van der Waals surface area contributed by atoms with Gasteiger partial charge in [0.05, 0.1) is 18.2 Å². The minimum absolute atomic E-state index is 0.236. The highest BCUT2D eigenvalue weighted by molar-refractivity contribution is 5.96. The number of fused-ring (bicyclic) bond motifs is 2. The number of carbonyl (C=O) groups excluding carboxylic acids is 2. The fourth-order valence-corrected chi connectivity index (χ4v) is 2.91. The summed E-state index contributed by atoms with van der Waals surface area (Å²) < 4.78 is 10.9. The average Bonchev–Trinajstić information content (AvgIpc) is 2.67. The van der Waals surface area contributed by atoms with Crippen molar-refractivity contribution < 1.29 is 19.1 Å². The fourth-order valence-electron chi connectivity index (χ4n) is 2.91. The van der Waals surface area contributed by atoms with E-state index in [0.717, 1.165) is 5.56 Å². The van der Waals surface area contributed by atoms with Crippen LogP contribution in [0, 0.1) is 0 Å². The van der Waals surface area contributed by atoms with Gasteiger partial charge in [-0.05, 0) is 25.0 Å². The third kappa shape index (κ3) is 1.45. The lowest BCUT2D eigenvalue weighted by Crippen LogP contribution is -2.32. The molecule has 1 saturated carbocycles. The molecule has 1 aliphatic carbocycles. The summed E-state index contributed by atoms with van der Waals surface area (Å²) in [5.74, 6) is 0.603. The summed E-state index contributed by atoms with van der Waals surface area (Å²) in [5, 5.41) is 0. The van der Waals surface area contributed by atoms with Crippen LogP contribution in [0.2, 0.25) is 0 Å². The van der Waals surface area contributed by atoms with Crippen LogP contribution in [0.15, 0.2) is 18.2 Å². The summed E-state index contributed by atoms with van der Waals surface area (Å²) >= 11 is 0. The highest BCUT2D eigenvalue weighted by Gasteiger charge is 2.49. The monoisotopic (exact) mass is 246 g/mol. The predicted octanol–water partition coefficient (Wildman–Crippen LogP) is 2.20. The minimum Gasteiger partial charge on any atom is -0.496 e. The Kier molecular flexibility index (Phi) is 2.40. The SMILES string of the molecule is COc1cccc2c1C1(CCC(=O)CC1)OC2=O. The Balaban J connectivity index is 2.12. The smallest absolute Gasteiger partial charge is 0.339 e. The second-order valence-corrected chi connectivity index (χ2v) is 4.81. The number of hydrogen-bond donors (Lipinski definition) is 0. The van der Waals surface area contributed by atoms with Crippen LogP contribution in [0.25, 0.3) is 0 Å². The van der Waals surface area contributed by atoms with E-state index >= 15 is 0 Å². The molecule has 0 atom stereocenters. The maximum Gasteiger partial charge on any atom is 0.339 e. The maximum absolute atomic E-state index is 11.9. The molecule has 1 aliphatic heterocycles. The van der Waals surface area contributed by atoms with Gasteiger partial charge in [-0.25, -0.2) is 4.79 Å². The predicted molar refractivity (Wildman–Crippen MR) is 63.6 cm³/mol. The molecule has 1 heterocycles. The molecule has 1 aromatic carbocycles. The molecule has 94 valence electrons. The van der Waals surface area contributed by atoms with E-state index < -0.39 is 5.60 Å². The van der Waals surface area contributed by atoms with E-state index in [4.69, 9.17) is 9.47 Å². The maximum atomic E-state index is 11.9. The first-order valence-electron chi connectivity index (χ1n) is 6.09. The molecule has 3 rings (SSSR count). The molecule has 0 amide bonds. The first-order chi connectivity index (χ1) is 8.66. The fraction of sp³-hybridized carbons (Fsp3) is 0.429. The lowest BCUT2D eigenvalue weighted by atomic mass is 9.78. The summed E-state index contributed by atoms with van der Waals surface area (Å²) in [6.07, 6.45) is 2.05. The second-order valence-electron chi connectivity index (χ2n) is 4.81. The van der Waals surface area contributed by atoms with E-state index in [0.29, 0.717) is 37.0 Å². The van der Waals surface area contributed by atoms with Crippen molar-refractivity contribution >= 4 is 11.8 Å². The lowest BCUT2D eigenvalue weighted by Gasteiger charge is -2.32. The van der Waals surface area contributed by atoms with Gasteiger partial charge in [-0.1, -0.05) is 6.07 Å². The summed E-state index contributed by atoms with van der Waals surface area (Å²) in [7, 11) is 1.58. The number of methoxy groups -OCH3 is 1. The normalized spacial score (nSPS) is 20.7. The van der Waals surface area contributed by atoms with Crippen LogP contribution < -0.4 is 4.74 Å². The molecule has 4 heteroatoms. The number of ether oxygens (including phenoxy) is 2. The molecule has 0 unspecified atom stereocenters. The number of carbonyl (C=O) groups is 2. The standard InChI is InChI=1S/C14H14O4/c1-17-11-4-2-3-10-12(11)14(18-13(10)16)7-5-9(15)6-8-14/h2-4H,5-8H2,1H3. The van der Waals surface area contributed by atoms with Crippen molar-refractivity contribution in [1.29, 1.82) is 0 Å². The number of benzene rings is 1. The van der Waals surface area contributed by atoms with Crippen molar-refractivity contribution in [1.82, 2.24) is 0 Å². The molecule has 18 heavy (non-hydrogen) atoms. The first-order valence-corrected chi connectivity index (χ1v) is 6.09. The van der Waals surface area contributed by atoms with Crippen LogP contribution in [0.5, 0.6) is 5.75 Å². The van der Waals surface area contributed by atoms with Gasteiger partial charge in [0.1, 0.15) is 17.1 Å². The molecule has 2 aliphatic rings. The Morgan fingerprint density at radius 2 is 1.94 bits per heavy atom. The second kappa shape index (κ2) is 3.83. The molecular formula is C14H14O4. The van der Waals surface area contributed by atoms with Gasteiger partial charge in [0.2, 0.25) is 0 Å². The summed E-state index contributed by atoms with van der Waals surface area (Å²) in [6.45, 7) is 0. The van der Waals surface area contributed by atoms with Crippen molar-refractivity contribution in [2.45, 2.75) is 31.3 Å². The Morgan fingerprint density at radius 3 is 2.61 bits per heavy atom. The van der Waals surface area contributed by atoms with Crippen molar-refractivity contribution in [2.24, 2.45) is 0 Å². The van der Waals surface area contributed by atoms with Crippen molar-refractivity contribution in [2.75, 3.05) is 7.11 Å². The zero-order chi connectivity index (χ0) is 12.8. The van der Waals surface area contributed by atoms with Gasteiger partial charge < -0.3 is 9.47 Å². The van der Waals surface area contributed by atoms with E-state index in [1.807, 2.05) is 6.07 Å². The van der Waals surface area contributed by atoms with Crippen LogP contribution in [0.3, 0.4) is 0 Å². The molecule has 1 fully saturated rings. The van der Waals surface area contributed by atoms with Gasteiger partial charge in [-0.15, -0.1) is 0 Å². The van der Waals surface area contributed by atoms with E-state index in [1.54, 1.807) is 19.2 Å². The number of hydrogen-bond acceptors (Lipinski definition) is 4. The molecule has 0 radical (unpaired) electrons. The Morgan fingerprint density at radius 1 is 1.22 bits per heavy atom. The molecule has 0 saturated heterocycles. The number of rotatable bonds is 1. The zero-order valence-electron chi connectivity index (χ0n) is 10.2. The molecule has 4 nitrogen and oxygen atoms in total. The van der Waals surface area contributed by atoms with Gasteiger partial charge in [-0.2, -0.15) is 0 Å². The lowest BCUT2D eigenvalue weighted by molar-refractivity contribution is -0.125. The van der Waals surface area contributed by atoms with Gasteiger partial charge in [-0.3, -0.25) is 4.79 Å². The van der Waals surface area contributed by atoms with Crippen LogP contribution >= 0.6 is 0 Å². The van der Waals surface area contributed by atoms with Crippen LogP contribution in [-0.4, -0.2) is 18.9 Å². The average molecular weight is 246 g/mol. The van der Waals surface area contributed by atoms with E-state index in [-0.39, 0.29) is 11.8 Å². The number of ketones is 1. The molecule has 0 N–H and O–H groups in total. The van der Waals surface area contributed by atoms with Crippen molar-refractivity contribution in [3.8, 4) is 5.75 Å². The third-order valence-electron chi connectivity index (χ3n) is 3.83. The Labute approximate surface area is 105 Å². The zero-order valence-corrected chi connectivity index (χ0v) is 10.2. The van der Waals surface area contributed by atoms with Crippen LogP contribution in [0.4, 0.5) is 0 Å². The van der Waals surface area contributed by atoms with E-state index in [2.05, 4.69) is 0 Å². The number of esters is 1. The molecule has 0 aromatic heterocycles. The van der Waals surface area contributed by atoms with Crippen LogP contribution in [-0.2, 0) is 15.1 Å². The topological polar surface area (TPSA) is 52.6 Å². The van der Waals surface area contributed by atoms with Gasteiger partial charge in [0.25, 0.3) is 0 Å². The van der Waals surface area contributed by atoms with Crippen LogP contribution in [0.1, 0.15) is 41.6 Å². The third-order valence-corrected chi connectivity index (χ3v) is 3.83. The Bertz CT molecular complexity index is 523. The first kappa shape index (κ1) is 11.3.